The van der Waals surface area contributed by atoms with Gasteiger partial charge in [-0.05, 0) is 41.8 Å². The Labute approximate surface area is 138 Å². The van der Waals surface area contributed by atoms with Crippen LogP contribution in [0.4, 0.5) is 0 Å². The van der Waals surface area contributed by atoms with Crippen molar-refractivity contribution in [2.75, 3.05) is 0 Å². The Kier molecular flexibility index (Phi) is 3.29. The van der Waals surface area contributed by atoms with E-state index in [2.05, 4.69) is 26.0 Å². The highest BCUT2D eigenvalue weighted by Crippen LogP contribution is 2.37. The third kappa shape index (κ3) is 2.22. The summed E-state index contributed by atoms with van der Waals surface area (Å²) >= 11 is 0. The lowest BCUT2D eigenvalue weighted by Crippen LogP contribution is -1.96. The fourth-order valence-electron chi connectivity index (χ4n) is 2.95. The number of nitrogens with one attached hydrogen (secondary N) is 1. The van der Waals surface area contributed by atoms with E-state index in [0.29, 0.717) is 11.3 Å². The molecule has 2 heterocycles. The van der Waals surface area contributed by atoms with Crippen LogP contribution >= 0.6 is 0 Å². The third-order valence-electron chi connectivity index (χ3n) is 4.06. The van der Waals surface area contributed by atoms with E-state index in [-0.39, 0.29) is 0 Å². The Morgan fingerprint density at radius 1 is 1.04 bits per heavy atom. The van der Waals surface area contributed by atoms with Gasteiger partial charge < -0.3 is 4.98 Å². The topological polar surface area (TPSA) is 78.2 Å². The minimum atomic E-state index is 0.582. The Morgan fingerprint density at radius 3 is 2.75 bits per heavy atom. The summed E-state index contributed by atoms with van der Waals surface area (Å²) in [6.07, 6.45) is 6.63. The summed E-state index contributed by atoms with van der Waals surface area (Å²) in [7, 11) is 0. The number of hydrogen-bond acceptors (Lipinski definition) is 4. The minimum Gasteiger partial charge on any atom is -0.345 e. The van der Waals surface area contributed by atoms with Gasteiger partial charge in [0, 0.05) is 18.0 Å². The Hall–Kier alpha value is -3.52. The average molecular weight is 311 g/mol. The zero-order valence-corrected chi connectivity index (χ0v) is 13.0. The SMILES string of the molecule is Cc1ccc(C#N)c(-c2cnccn2)c1-c1ccc2[nH]cnc2c1. The molecule has 0 aliphatic carbocycles. The van der Waals surface area contributed by atoms with Crippen LogP contribution in [0.2, 0.25) is 0 Å². The number of H-pyrrole nitrogens is 1. The molecule has 5 heteroatoms. The molecule has 2 aromatic heterocycles. The number of aromatic nitrogens is 4. The smallest absolute Gasteiger partial charge is 0.0999 e. The second-order valence-electron chi connectivity index (χ2n) is 5.52. The number of nitrogens with zero attached hydrogens (tertiary/aromatic N) is 4. The second kappa shape index (κ2) is 5.60. The zero-order chi connectivity index (χ0) is 16.5. The van der Waals surface area contributed by atoms with Gasteiger partial charge in [-0.1, -0.05) is 12.1 Å². The van der Waals surface area contributed by atoms with E-state index in [1.807, 2.05) is 37.3 Å². The van der Waals surface area contributed by atoms with Crippen LogP contribution in [-0.4, -0.2) is 19.9 Å². The number of imidazole rings is 1. The lowest BCUT2D eigenvalue weighted by atomic mass is 9.90. The first kappa shape index (κ1) is 14.1. The lowest BCUT2D eigenvalue weighted by molar-refractivity contribution is 1.20. The standard InChI is InChI=1S/C19H13N5/c1-12-2-3-14(9-20)19(17-10-21-6-7-22-17)18(12)13-4-5-15-16(8-13)24-11-23-15/h2-8,10-11H,1H3,(H,23,24). The largest absolute Gasteiger partial charge is 0.345 e. The first-order valence-corrected chi connectivity index (χ1v) is 7.51. The summed E-state index contributed by atoms with van der Waals surface area (Å²) in [5.74, 6) is 0. The molecule has 0 fully saturated rings. The number of nitriles is 1. The van der Waals surface area contributed by atoms with Crippen molar-refractivity contribution in [2.24, 2.45) is 0 Å². The summed E-state index contributed by atoms with van der Waals surface area (Å²) < 4.78 is 0. The summed E-state index contributed by atoms with van der Waals surface area (Å²) in [5, 5.41) is 9.57. The average Bonchev–Trinajstić information content (AvgIpc) is 3.10. The molecular formula is C19H13N5. The molecule has 0 amide bonds. The Balaban J connectivity index is 2.05. The van der Waals surface area contributed by atoms with E-state index in [4.69, 9.17) is 0 Å². The van der Waals surface area contributed by atoms with Crippen molar-refractivity contribution in [2.45, 2.75) is 6.92 Å². The van der Waals surface area contributed by atoms with Crippen LogP contribution in [0.25, 0.3) is 33.4 Å². The van der Waals surface area contributed by atoms with Crippen molar-refractivity contribution in [3.8, 4) is 28.5 Å². The van der Waals surface area contributed by atoms with Gasteiger partial charge in [-0.15, -0.1) is 0 Å². The van der Waals surface area contributed by atoms with Crippen molar-refractivity contribution in [3.05, 3.63) is 66.4 Å². The summed E-state index contributed by atoms with van der Waals surface area (Å²) in [6.45, 7) is 2.03. The van der Waals surface area contributed by atoms with Crippen LogP contribution in [0.5, 0.6) is 0 Å². The van der Waals surface area contributed by atoms with Gasteiger partial charge in [-0.25, -0.2) is 4.98 Å². The first-order chi connectivity index (χ1) is 11.8. The molecule has 0 saturated heterocycles. The minimum absolute atomic E-state index is 0.582. The molecule has 0 atom stereocenters. The van der Waals surface area contributed by atoms with E-state index in [1.165, 1.54) is 0 Å². The Bertz CT molecular complexity index is 1070. The molecule has 24 heavy (non-hydrogen) atoms. The molecule has 114 valence electrons. The van der Waals surface area contributed by atoms with Gasteiger partial charge in [0.2, 0.25) is 0 Å². The monoisotopic (exact) mass is 311 g/mol. The number of aryl methyl sites for hydroxylation is 1. The van der Waals surface area contributed by atoms with Crippen LogP contribution in [0.3, 0.4) is 0 Å². The van der Waals surface area contributed by atoms with Crippen molar-refractivity contribution < 1.29 is 0 Å². The van der Waals surface area contributed by atoms with E-state index in [1.54, 1.807) is 24.9 Å². The Morgan fingerprint density at radius 2 is 1.96 bits per heavy atom. The summed E-state index contributed by atoms with van der Waals surface area (Å²) in [4.78, 5) is 16.0. The maximum Gasteiger partial charge on any atom is 0.0999 e. The number of rotatable bonds is 2. The van der Waals surface area contributed by atoms with Crippen LogP contribution < -0.4 is 0 Å². The lowest BCUT2D eigenvalue weighted by Gasteiger charge is -2.14. The predicted octanol–water partition coefficient (Wildman–Crippen LogP) is 3.87. The van der Waals surface area contributed by atoms with Crippen LogP contribution in [0.1, 0.15) is 11.1 Å². The van der Waals surface area contributed by atoms with Gasteiger partial charge in [-0.3, -0.25) is 9.97 Å². The van der Waals surface area contributed by atoms with E-state index >= 15 is 0 Å². The molecule has 0 unspecified atom stereocenters. The maximum atomic E-state index is 9.57. The summed E-state index contributed by atoms with van der Waals surface area (Å²) in [5.41, 5.74) is 7.01. The van der Waals surface area contributed by atoms with Gasteiger partial charge >= 0.3 is 0 Å². The molecule has 2 aromatic carbocycles. The van der Waals surface area contributed by atoms with Gasteiger partial charge in [0.25, 0.3) is 0 Å². The molecule has 4 aromatic rings. The fraction of sp³-hybridized carbons (Fsp3) is 0.0526. The maximum absolute atomic E-state index is 9.57. The van der Waals surface area contributed by atoms with Gasteiger partial charge in [-0.2, -0.15) is 5.26 Å². The van der Waals surface area contributed by atoms with Crippen molar-refractivity contribution in [3.63, 3.8) is 0 Å². The van der Waals surface area contributed by atoms with Crippen molar-refractivity contribution in [1.82, 2.24) is 19.9 Å². The zero-order valence-electron chi connectivity index (χ0n) is 13.0. The second-order valence-corrected chi connectivity index (χ2v) is 5.52. The molecule has 0 bridgehead atoms. The molecular weight excluding hydrogens is 298 g/mol. The first-order valence-electron chi connectivity index (χ1n) is 7.51. The molecule has 0 aliphatic heterocycles. The molecule has 1 N–H and O–H groups in total. The molecule has 0 spiro atoms. The number of aromatic amines is 1. The highest BCUT2D eigenvalue weighted by atomic mass is 14.9. The molecule has 0 radical (unpaired) electrons. The van der Waals surface area contributed by atoms with Crippen LogP contribution in [0, 0.1) is 18.3 Å². The summed E-state index contributed by atoms with van der Waals surface area (Å²) in [6, 6.07) is 12.1. The molecule has 0 saturated carbocycles. The van der Waals surface area contributed by atoms with Gasteiger partial charge in [0.05, 0.1) is 40.9 Å². The highest BCUT2D eigenvalue weighted by Gasteiger charge is 2.17. The van der Waals surface area contributed by atoms with Crippen LogP contribution in [-0.2, 0) is 0 Å². The molecule has 5 nitrogen and oxygen atoms in total. The number of hydrogen-bond donors (Lipinski definition) is 1. The number of benzene rings is 2. The van der Waals surface area contributed by atoms with E-state index < -0.39 is 0 Å². The van der Waals surface area contributed by atoms with Crippen LogP contribution in [0.15, 0.2) is 55.2 Å². The number of fused-ring (bicyclic) bond motifs is 1. The molecule has 4 rings (SSSR count). The fourth-order valence-corrected chi connectivity index (χ4v) is 2.95. The van der Waals surface area contributed by atoms with E-state index in [0.717, 1.165) is 33.3 Å². The molecule has 0 aliphatic rings. The quantitative estimate of drug-likeness (QED) is 0.609. The van der Waals surface area contributed by atoms with Crippen molar-refractivity contribution in [1.29, 1.82) is 5.26 Å². The normalized spacial score (nSPS) is 10.7. The van der Waals surface area contributed by atoms with Gasteiger partial charge in [0.1, 0.15) is 0 Å². The van der Waals surface area contributed by atoms with Crippen molar-refractivity contribution >= 4 is 11.0 Å². The van der Waals surface area contributed by atoms with Gasteiger partial charge in [0.15, 0.2) is 0 Å². The third-order valence-corrected chi connectivity index (χ3v) is 4.06. The predicted molar refractivity (Wildman–Crippen MR) is 92.0 cm³/mol. The van der Waals surface area contributed by atoms with E-state index in [9.17, 15) is 5.26 Å². The highest BCUT2D eigenvalue weighted by molar-refractivity contribution is 5.91.